The zero-order chi connectivity index (χ0) is 16.5. The van der Waals surface area contributed by atoms with Crippen molar-refractivity contribution in [1.82, 2.24) is 5.32 Å². The lowest BCUT2D eigenvalue weighted by Gasteiger charge is -2.09. The van der Waals surface area contributed by atoms with Gasteiger partial charge in [-0.2, -0.15) is 0 Å². The number of carbonyl (C=O) groups excluding carboxylic acids is 1. The van der Waals surface area contributed by atoms with Crippen molar-refractivity contribution >= 4 is 34.8 Å². The molecule has 0 saturated carbocycles. The molecule has 2 aromatic carbocycles. The molecule has 0 aromatic heterocycles. The van der Waals surface area contributed by atoms with Gasteiger partial charge in [-0.15, -0.1) is 0 Å². The molecule has 0 spiro atoms. The molecule has 0 unspecified atom stereocenters. The van der Waals surface area contributed by atoms with E-state index < -0.39 is 0 Å². The van der Waals surface area contributed by atoms with Crippen LogP contribution < -0.4 is 10.6 Å². The Labute approximate surface area is 147 Å². The maximum atomic E-state index is 11.9. The van der Waals surface area contributed by atoms with Crippen LogP contribution in [0.5, 0.6) is 0 Å². The van der Waals surface area contributed by atoms with Crippen molar-refractivity contribution in [1.29, 1.82) is 0 Å². The van der Waals surface area contributed by atoms with Crippen molar-refractivity contribution in [3.05, 3.63) is 64.1 Å². The van der Waals surface area contributed by atoms with E-state index in [4.69, 9.17) is 23.2 Å². The zero-order valence-corrected chi connectivity index (χ0v) is 14.3. The first kappa shape index (κ1) is 17.8. The van der Waals surface area contributed by atoms with Crippen molar-refractivity contribution in [3.8, 4) is 0 Å². The second-order valence-corrected chi connectivity index (χ2v) is 6.05. The lowest BCUT2D eigenvalue weighted by molar-refractivity contribution is -0.116. The van der Waals surface area contributed by atoms with Crippen LogP contribution in [-0.4, -0.2) is 19.0 Å². The number of hydrogen-bond acceptors (Lipinski definition) is 2. The molecule has 2 rings (SSSR count). The number of amides is 1. The number of carbonyl (C=O) groups is 1. The predicted octanol–water partition coefficient (Wildman–Crippen LogP) is 4.54. The lowest BCUT2D eigenvalue weighted by atomic mass is 10.1. The molecular formula is C18H20Cl2N2O. The second-order valence-electron chi connectivity index (χ2n) is 5.23. The van der Waals surface area contributed by atoms with Gasteiger partial charge in [0, 0.05) is 13.0 Å². The molecule has 0 aliphatic rings. The molecule has 23 heavy (non-hydrogen) atoms. The molecule has 0 saturated heterocycles. The fourth-order valence-corrected chi connectivity index (χ4v) is 2.70. The average molecular weight is 351 g/mol. The van der Waals surface area contributed by atoms with Crippen LogP contribution in [0, 0.1) is 0 Å². The molecule has 122 valence electrons. The maximum absolute atomic E-state index is 11.9. The van der Waals surface area contributed by atoms with Crippen molar-refractivity contribution in [2.75, 3.05) is 18.4 Å². The first-order valence-electron chi connectivity index (χ1n) is 7.65. The molecule has 5 heteroatoms. The highest BCUT2D eigenvalue weighted by Crippen LogP contribution is 2.29. The monoisotopic (exact) mass is 350 g/mol. The van der Waals surface area contributed by atoms with Crippen LogP contribution in [0.4, 0.5) is 5.69 Å². The smallest absolute Gasteiger partial charge is 0.225 e. The summed E-state index contributed by atoms with van der Waals surface area (Å²) in [4.78, 5) is 11.9. The molecule has 3 nitrogen and oxygen atoms in total. The number of para-hydroxylation sites is 1. The van der Waals surface area contributed by atoms with Gasteiger partial charge in [0.2, 0.25) is 5.91 Å². The van der Waals surface area contributed by atoms with Gasteiger partial charge in [0.25, 0.3) is 0 Å². The summed E-state index contributed by atoms with van der Waals surface area (Å²) >= 11 is 12.0. The van der Waals surface area contributed by atoms with Crippen LogP contribution in [-0.2, 0) is 11.2 Å². The minimum atomic E-state index is -0.101. The molecule has 0 heterocycles. The summed E-state index contributed by atoms with van der Waals surface area (Å²) < 4.78 is 0. The minimum absolute atomic E-state index is 0.101. The molecule has 2 N–H and O–H groups in total. The Kier molecular flexibility index (Phi) is 7.40. The SMILES string of the molecule is O=C(CCNCCCc1ccccc1)Nc1c(Cl)cccc1Cl. The van der Waals surface area contributed by atoms with E-state index in [1.807, 2.05) is 18.2 Å². The van der Waals surface area contributed by atoms with Crippen LogP contribution in [0.3, 0.4) is 0 Å². The Balaban J connectivity index is 1.62. The summed E-state index contributed by atoms with van der Waals surface area (Å²) in [7, 11) is 0. The summed E-state index contributed by atoms with van der Waals surface area (Å²) in [6.07, 6.45) is 2.46. The Hall–Kier alpha value is -1.55. The third-order valence-electron chi connectivity index (χ3n) is 3.42. The minimum Gasteiger partial charge on any atom is -0.324 e. The van der Waals surface area contributed by atoms with Crippen molar-refractivity contribution in [3.63, 3.8) is 0 Å². The van der Waals surface area contributed by atoms with Gasteiger partial charge in [0.05, 0.1) is 15.7 Å². The molecule has 0 aliphatic carbocycles. The standard InChI is InChI=1S/C18H20Cl2N2O/c19-15-9-4-10-16(20)18(15)22-17(23)11-13-21-12-5-8-14-6-2-1-3-7-14/h1-4,6-7,9-10,21H,5,8,11-13H2,(H,22,23). The first-order chi connectivity index (χ1) is 11.2. The van der Waals surface area contributed by atoms with Crippen molar-refractivity contribution in [2.45, 2.75) is 19.3 Å². The third-order valence-corrected chi connectivity index (χ3v) is 4.05. The first-order valence-corrected chi connectivity index (χ1v) is 8.41. The Morgan fingerprint density at radius 2 is 1.61 bits per heavy atom. The summed E-state index contributed by atoms with van der Waals surface area (Å²) in [5.41, 5.74) is 1.81. The van der Waals surface area contributed by atoms with E-state index in [0.29, 0.717) is 28.7 Å². The lowest BCUT2D eigenvalue weighted by Crippen LogP contribution is -2.23. The number of aryl methyl sites for hydroxylation is 1. The van der Waals surface area contributed by atoms with Crippen molar-refractivity contribution < 1.29 is 4.79 Å². The predicted molar refractivity (Wildman–Crippen MR) is 97.3 cm³/mol. The van der Waals surface area contributed by atoms with Gasteiger partial charge >= 0.3 is 0 Å². The van der Waals surface area contributed by atoms with E-state index in [9.17, 15) is 4.79 Å². The Morgan fingerprint density at radius 3 is 2.30 bits per heavy atom. The van der Waals surface area contributed by atoms with Crippen LogP contribution in [0.15, 0.2) is 48.5 Å². The van der Waals surface area contributed by atoms with E-state index in [0.717, 1.165) is 19.4 Å². The second kappa shape index (κ2) is 9.56. The molecular weight excluding hydrogens is 331 g/mol. The Bertz CT molecular complexity index is 612. The van der Waals surface area contributed by atoms with Gasteiger partial charge in [0.1, 0.15) is 0 Å². The van der Waals surface area contributed by atoms with Crippen molar-refractivity contribution in [2.24, 2.45) is 0 Å². The average Bonchev–Trinajstić information content (AvgIpc) is 2.55. The van der Waals surface area contributed by atoms with E-state index in [1.165, 1.54) is 5.56 Å². The van der Waals surface area contributed by atoms with Crippen LogP contribution in [0.2, 0.25) is 10.0 Å². The summed E-state index contributed by atoms with van der Waals surface area (Å²) in [6.45, 7) is 1.51. The topological polar surface area (TPSA) is 41.1 Å². The summed E-state index contributed by atoms with van der Waals surface area (Å²) in [5, 5.41) is 6.92. The number of nitrogens with one attached hydrogen (secondary N) is 2. The largest absolute Gasteiger partial charge is 0.324 e. The number of hydrogen-bond donors (Lipinski definition) is 2. The van der Waals surface area contributed by atoms with E-state index >= 15 is 0 Å². The highest BCUT2D eigenvalue weighted by atomic mass is 35.5. The van der Waals surface area contributed by atoms with Gasteiger partial charge in [-0.25, -0.2) is 0 Å². The van der Waals surface area contributed by atoms with Gasteiger partial charge in [0.15, 0.2) is 0 Å². The van der Waals surface area contributed by atoms with Gasteiger partial charge in [-0.05, 0) is 37.1 Å². The number of anilines is 1. The van der Waals surface area contributed by atoms with Gasteiger partial charge in [-0.1, -0.05) is 59.6 Å². The number of benzene rings is 2. The molecule has 0 radical (unpaired) electrons. The van der Waals surface area contributed by atoms with Crippen LogP contribution >= 0.6 is 23.2 Å². The molecule has 1 amide bonds. The molecule has 2 aromatic rings. The Morgan fingerprint density at radius 1 is 0.913 bits per heavy atom. The fourth-order valence-electron chi connectivity index (χ4n) is 2.21. The van der Waals surface area contributed by atoms with Gasteiger partial charge < -0.3 is 10.6 Å². The molecule has 0 atom stereocenters. The highest BCUT2D eigenvalue weighted by molar-refractivity contribution is 6.39. The molecule has 0 bridgehead atoms. The molecule has 0 aliphatic heterocycles. The van der Waals surface area contributed by atoms with E-state index in [2.05, 4.69) is 22.8 Å². The maximum Gasteiger partial charge on any atom is 0.225 e. The summed E-state index contributed by atoms with van der Waals surface area (Å²) in [5.74, 6) is -0.101. The normalized spacial score (nSPS) is 10.5. The van der Waals surface area contributed by atoms with E-state index in [1.54, 1.807) is 18.2 Å². The fraction of sp³-hybridized carbons (Fsp3) is 0.278. The number of halogens is 2. The quantitative estimate of drug-likeness (QED) is 0.686. The third kappa shape index (κ3) is 6.22. The van der Waals surface area contributed by atoms with Crippen LogP contribution in [0.25, 0.3) is 0 Å². The number of rotatable bonds is 8. The van der Waals surface area contributed by atoms with E-state index in [-0.39, 0.29) is 5.91 Å². The summed E-state index contributed by atoms with van der Waals surface area (Å²) in [6, 6.07) is 15.5. The highest BCUT2D eigenvalue weighted by Gasteiger charge is 2.08. The van der Waals surface area contributed by atoms with Gasteiger partial charge in [-0.3, -0.25) is 4.79 Å². The zero-order valence-electron chi connectivity index (χ0n) is 12.8. The molecule has 0 fully saturated rings. The van der Waals surface area contributed by atoms with Crippen LogP contribution in [0.1, 0.15) is 18.4 Å².